The van der Waals surface area contributed by atoms with Crippen LogP contribution in [0.15, 0.2) is 28.6 Å². The van der Waals surface area contributed by atoms with Crippen LogP contribution < -0.4 is 5.32 Å². The highest BCUT2D eigenvalue weighted by atomic mass is 35.5. The van der Waals surface area contributed by atoms with E-state index in [1.807, 2.05) is 24.3 Å². The second-order valence-electron chi connectivity index (χ2n) is 3.97. The molecule has 0 spiro atoms. The average molecular weight is 360 g/mol. The molecule has 0 bridgehead atoms. The van der Waals surface area contributed by atoms with Gasteiger partial charge in [-0.25, -0.2) is 0 Å². The summed E-state index contributed by atoms with van der Waals surface area (Å²) < 4.78 is 0.876. The Morgan fingerprint density at radius 2 is 2.10 bits per heavy atom. The van der Waals surface area contributed by atoms with Crippen molar-refractivity contribution in [2.45, 2.75) is 17.0 Å². The molecule has 0 aliphatic carbocycles. The Balaban J connectivity index is 1.72. The van der Waals surface area contributed by atoms with Crippen molar-refractivity contribution in [2.75, 3.05) is 16.8 Å². The first kappa shape index (κ1) is 16.6. The summed E-state index contributed by atoms with van der Waals surface area (Å²) in [5.41, 5.74) is 1.15. The van der Waals surface area contributed by atoms with E-state index in [4.69, 9.17) is 11.6 Å². The van der Waals surface area contributed by atoms with Gasteiger partial charge in [-0.3, -0.25) is 10.1 Å². The predicted molar refractivity (Wildman–Crippen MR) is 92.6 cm³/mol. The van der Waals surface area contributed by atoms with Gasteiger partial charge >= 0.3 is 0 Å². The number of aromatic nitrogens is 2. The van der Waals surface area contributed by atoms with E-state index < -0.39 is 0 Å². The largest absolute Gasteiger partial charge is 0.300 e. The Morgan fingerprint density at radius 3 is 2.81 bits per heavy atom. The van der Waals surface area contributed by atoms with Crippen molar-refractivity contribution in [2.24, 2.45) is 0 Å². The number of halogens is 1. The molecule has 2 rings (SSSR count). The Morgan fingerprint density at radius 1 is 1.33 bits per heavy atom. The number of nitrogens with zero attached hydrogens (tertiary/aromatic N) is 2. The summed E-state index contributed by atoms with van der Waals surface area (Å²) in [4.78, 5) is 11.8. The Labute approximate surface area is 141 Å². The quantitative estimate of drug-likeness (QED) is 0.593. The summed E-state index contributed by atoms with van der Waals surface area (Å²) in [5.74, 6) is 2.05. The molecular weight excluding hydrogens is 346 g/mol. The predicted octanol–water partition coefficient (Wildman–Crippen LogP) is 4.18. The van der Waals surface area contributed by atoms with Crippen molar-refractivity contribution >= 4 is 57.5 Å². The lowest BCUT2D eigenvalue weighted by molar-refractivity contribution is -0.113. The zero-order chi connectivity index (χ0) is 15.1. The van der Waals surface area contributed by atoms with Crippen LogP contribution in [0.3, 0.4) is 0 Å². The van der Waals surface area contributed by atoms with E-state index in [0.717, 1.165) is 26.4 Å². The molecular formula is C13H14ClN3OS3. The van der Waals surface area contributed by atoms with Gasteiger partial charge in [-0.15, -0.1) is 22.0 Å². The van der Waals surface area contributed by atoms with Crippen molar-refractivity contribution in [3.63, 3.8) is 0 Å². The number of hydrogen-bond acceptors (Lipinski definition) is 6. The minimum atomic E-state index is -0.0573. The van der Waals surface area contributed by atoms with Crippen molar-refractivity contribution in [3.8, 4) is 0 Å². The van der Waals surface area contributed by atoms with E-state index in [1.165, 1.54) is 11.3 Å². The third-order valence-corrected chi connectivity index (χ3v) is 5.45. The number of anilines is 1. The van der Waals surface area contributed by atoms with Gasteiger partial charge in [-0.05, 0) is 23.4 Å². The fourth-order valence-corrected chi connectivity index (χ4v) is 4.02. The molecule has 0 aliphatic rings. The molecule has 0 aliphatic heterocycles. The molecule has 0 radical (unpaired) electrons. The topological polar surface area (TPSA) is 54.9 Å². The molecule has 1 aromatic carbocycles. The molecule has 0 saturated carbocycles. The molecule has 112 valence electrons. The van der Waals surface area contributed by atoms with Gasteiger partial charge in [0.1, 0.15) is 0 Å². The van der Waals surface area contributed by atoms with E-state index in [-0.39, 0.29) is 5.91 Å². The highest BCUT2D eigenvalue weighted by molar-refractivity contribution is 8.01. The average Bonchev–Trinajstić information content (AvgIpc) is 2.89. The molecule has 8 heteroatoms. The van der Waals surface area contributed by atoms with Gasteiger partial charge in [-0.1, -0.05) is 53.8 Å². The number of benzene rings is 1. The maximum absolute atomic E-state index is 11.8. The highest BCUT2D eigenvalue weighted by Crippen LogP contribution is 2.25. The summed E-state index contributed by atoms with van der Waals surface area (Å²) in [6, 6.07) is 7.63. The molecule has 1 heterocycles. The minimum Gasteiger partial charge on any atom is -0.300 e. The maximum Gasteiger partial charge on any atom is 0.236 e. The van der Waals surface area contributed by atoms with Gasteiger partial charge < -0.3 is 0 Å². The normalized spacial score (nSPS) is 10.6. The van der Waals surface area contributed by atoms with Crippen LogP contribution in [0.4, 0.5) is 5.13 Å². The van der Waals surface area contributed by atoms with Crippen LogP contribution in [0.25, 0.3) is 0 Å². The first-order chi connectivity index (χ1) is 10.2. The molecule has 2 aromatic rings. The molecule has 1 aromatic heterocycles. The number of carbonyl (C=O) groups excluding carboxylic acids is 1. The zero-order valence-corrected chi connectivity index (χ0v) is 14.5. The first-order valence-electron chi connectivity index (χ1n) is 6.25. The monoisotopic (exact) mass is 359 g/mol. The Kier molecular flexibility index (Phi) is 6.82. The Hall–Kier alpha value is -0.760. The molecule has 21 heavy (non-hydrogen) atoms. The summed E-state index contributed by atoms with van der Waals surface area (Å²) in [7, 11) is 0. The first-order valence-corrected chi connectivity index (χ1v) is 9.59. The maximum atomic E-state index is 11.8. The Bertz CT molecular complexity index is 589. The van der Waals surface area contributed by atoms with Crippen LogP contribution in [0.5, 0.6) is 0 Å². The summed E-state index contributed by atoms with van der Waals surface area (Å²) in [6.07, 6.45) is 0. The van der Waals surface area contributed by atoms with Gasteiger partial charge in [0.2, 0.25) is 11.0 Å². The van der Waals surface area contributed by atoms with Crippen molar-refractivity contribution in [1.82, 2.24) is 10.2 Å². The van der Waals surface area contributed by atoms with Crippen LogP contribution in [0, 0.1) is 0 Å². The van der Waals surface area contributed by atoms with Gasteiger partial charge in [0.15, 0.2) is 4.34 Å². The van der Waals surface area contributed by atoms with Gasteiger partial charge in [0.25, 0.3) is 0 Å². The molecule has 0 fully saturated rings. The molecule has 0 atom stereocenters. The van der Waals surface area contributed by atoms with Gasteiger partial charge in [-0.2, -0.15) is 0 Å². The smallest absolute Gasteiger partial charge is 0.236 e. The van der Waals surface area contributed by atoms with E-state index in [1.54, 1.807) is 23.5 Å². The summed E-state index contributed by atoms with van der Waals surface area (Å²) in [6.45, 7) is 2.05. The second kappa shape index (κ2) is 8.63. The molecule has 0 saturated heterocycles. The van der Waals surface area contributed by atoms with Crippen LogP contribution in [-0.4, -0.2) is 27.6 Å². The number of nitrogens with one attached hydrogen (secondary N) is 1. The van der Waals surface area contributed by atoms with Crippen LogP contribution in [-0.2, 0) is 10.5 Å². The number of rotatable bonds is 7. The zero-order valence-electron chi connectivity index (χ0n) is 11.3. The third-order valence-electron chi connectivity index (χ3n) is 2.34. The van der Waals surface area contributed by atoms with E-state index in [0.29, 0.717) is 10.9 Å². The lowest BCUT2D eigenvalue weighted by Gasteiger charge is -2.02. The van der Waals surface area contributed by atoms with Crippen molar-refractivity contribution in [3.05, 3.63) is 34.9 Å². The summed E-state index contributed by atoms with van der Waals surface area (Å²) >= 11 is 10.4. The van der Waals surface area contributed by atoms with Crippen molar-refractivity contribution in [1.29, 1.82) is 0 Å². The van der Waals surface area contributed by atoms with Gasteiger partial charge in [0.05, 0.1) is 5.75 Å². The summed E-state index contributed by atoms with van der Waals surface area (Å²) in [5, 5.41) is 12.0. The molecule has 1 amide bonds. The second-order valence-corrected chi connectivity index (χ2v) is 7.88. The van der Waals surface area contributed by atoms with Gasteiger partial charge in [0, 0.05) is 10.8 Å². The fraction of sp³-hybridized carbons (Fsp3) is 0.308. The van der Waals surface area contributed by atoms with Crippen LogP contribution in [0.1, 0.15) is 12.5 Å². The molecule has 4 nitrogen and oxygen atoms in total. The van der Waals surface area contributed by atoms with E-state index >= 15 is 0 Å². The lowest BCUT2D eigenvalue weighted by Crippen LogP contribution is -2.13. The molecule has 1 N–H and O–H groups in total. The van der Waals surface area contributed by atoms with Crippen molar-refractivity contribution < 1.29 is 4.79 Å². The molecule has 0 unspecified atom stereocenters. The number of hydrogen-bond donors (Lipinski definition) is 1. The van der Waals surface area contributed by atoms with E-state index in [2.05, 4.69) is 22.4 Å². The number of amides is 1. The number of thioether (sulfide) groups is 2. The SMILES string of the molecule is CCSc1nnc(NC(=O)CSCc2ccc(Cl)cc2)s1. The standard InChI is InChI=1S/C13H14ClN3OS3/c1-2-20-13-17-16-12(21-13)15-11(18)8-19-7-9-3-5-10(14)6-4-9/h3-6H,2,7-8H2,1H3,(H,15,16,18). The van der Waals surface area contributed by atoms with Crippen LogP contribution in [0.2, 0.25) is 5.02 Å². The highest BCUT2D eigenvalue weighted by Gasteiger charge is 2.08. The number of carbonyl (C=O) groups is 1. The third kappa shape index (κ3) is 5.86. The van der Waals surface area contributed by atoms with E-state index in [9.17, 15) is 4.79 Å². The minimum absolute atomic E-state index is 0.0573. The lowest BCUT2D eigenvalue weighted by atomic mass is 10.2. The fourth-order valence-electron chi connectivity index (χ4n) is 1.44. The van der Waals surface area contributed by atoms with Crippen LogP contribution >= 0.6 is 46.5 Å².